The summed E-state index contributed by atoms with van der Waals surface area (Å²) >= 11 is 6.25. The number of ketones is 1. The number of aliphatic carboxylic acids is 1. The lowest BCUT2D eigenvalue weighted by Gasteiger charge is -2.13. The van der Waals surface area contributed by atoms with Gasteiger partial charge < -0.3 is 5.11 Å². The zero-order valence-corrected chi connectivity index (χ0v) is 16.5. The zero-order valence-electron chi connectivity index (χ0n) is 14.8. The van der Waals surface area contributed by atoms with Crippen molar-refractivity contribution in [1.82, 2.24) is 4.90 Å². The molecule has 0 spiro atoms. The minimum absolute atomic E-state index is 0.0389. The van der Waals surface area contributed by atoms with Gasteiger partial charge in [-0.1, -0.05) is 78.6 Å². The molecule has 2 aromatic rings. The van der Waals surface area contributed by atoms with E-state index < -0.39 is 5.97 Å². The van der Waals surface area contributed by atoms with Crippen molar-refractivity contribution >= 4 is 46.0 Å². The number of thioether (sulfide) groups is 1. The minimum Gasteiger partial charge on any atom is -0.481 e. The summed E-state index contributed by atoms with van der Waals surface area (Å²) in [6.45, 7) is 0.230. The van der Waals surface area contributed by atoms with Crippen LogP contribution >= 0.6 is 24.0 Å². The number of allylic oxidation sites excluding steroid dienone is 1. The average Bonchev–Trinajstić information content (AvgIpc) is 2.96. The topological polar surface area (TPSA) is 74.7 Å². The van der Waals surface area contributed by atoms with E-state index in [2.05, 4.69) is 0 Å². The molecular weight excluding hydrogens is 394 g/mol. The highest BCUT2D eigenvalue weighted by Gasteiger charge is 2.32. The molecule has 0 unspecified atom stereocenters. The van der Waals surface area contributed by atoms with Gasteiger partial charge in [0, 0.05) is 24.6 Å². The second kappa shape index (κ2) is 8.95. The molecule has 0 radical (unpaired) electrons. The van der Waals surface area contributed by atoms with Crippen LogP contribution in [0.15, 0.2) is 65.6 Å². The van der Waals surface area contributed by atoms with Crippen molar-refractivity contribution < 1.29 is 19.5 Å². The molecule has 1 heterocycles. The second-order valence-corrected chi connectivity index (χ2v) is 7.81. The molecule has 0 saturated carbocycles. The molecule has 0 atom stereocenters. The molecule has 1 saturated heterocycles. The number of benzene rings is 2. The molecule has 0 aliphatic carbocycles. The summed E-state index contributed by atoms with van der Waals surface area (Å²) in [5.74, 6) is -1.55. The lowest BCUT2D eigenvalue weighted by atomic mass is 10.0. The van der Waals surface area contributed by atoms with E-state index in [1.165, 1.54) is 11.0 Å². The Bertz CT molecular complexity index is 952. The van der Waals surface area contributed by atoms with Crippen LogP contribution in [0.25, 0.3) is 11.1 Å². The van der Waals surface area contributed by atoms with E-state index >= 15 is 0 Å². The molecule has 7 heteroatoms. The van der Waals surface area contributed by atoms with Crippen molar-refractivity contribution in [2.45, 2.75) is 12.8 Å². The molecule has 1 N–H and O–H groups in total. The van der Waals surface area contributed by atoms with Crippen LogP contribution in [0.1, 0.15) is 23.2 Å². The van der Waals surface area contributed by atoms with E-state index in [4.69, 9.17) is 17.3 Å². The summed E-state index contributed by atoms with van der Waals surface area (Å²) < 4.78 is 0.342. The van der Waals surface area contributed by atoms with Crippen molar-refractivity contribution in [3.63, 3.8) is 0 Å². The number of carboxylic acids is 1. The first-order chi connectivity index (χ1) is 13.5. The van der Waals surface area contributed by atoms with Crippen molar-refractivity contribution in [1.29, 1.82) is 0 Å². The first-order valence-corrected chi connectivity index (χ1v) is 9.85. The summed E-state index contributed by atoms with van der Waals surface area (Å²) in [4.78, 5) is 37.2. The fourth-order valence-electron chi connectivity index (χ4n) is 2.74. The van der Waals surface area contributed by atoms with Gasteiger partial charge in [-0.15, -0.1) is 0 Å². The first kappa shape index (κ1) is 20.0. The molecule has 0 aromatic heterocycles. The molecule has 28 heavy (non-hydrogen) atoms. The maximum atomic E-state index is 12.5. The SMILES string of the molecule is O=C(O)CCCN1C(=O)/C(=C/C(=O)c2ccc(-c3ccccc3)cc2)SC1=S. The third-order valence-electron chi connectivity index (χ3n) is 4.18. The van der Waals surface area contributed by atoms with Gasteiger partial charge in [-0.05, 0) is 17.5 Å². The standard InChI is InChI=1S/C21H17NO4S2/c23-17(16-10-8-15(9-11-16)14-5-2-1-3-6-14)13-18-20(26)22(21(27)28-18)12-4-7-19(24)25/h1-3,5-6,8-11,13H,4,7,12H2,(H,24,25)/b18-13-. The van der Waals surface area contributed by atoms with Crippen LogP contribution in [0, 0.1) is 0 Å². The molecule has 5 nitrogen and oxygen atoms in total. The molecule has 0 bridgehead atoms. The maximum Gasteiger partial charge on any atom is 0.303 e. The van der Waals surface area contributed by atoms with Gasteiger partial charge in [-0.3, -0.25) is 19.3 Å². The Labute approximate surface area is 172 Å². The number of carbonyl (C=O) groups excluding carboxylic acids is 2. The summed E-state index contributed by atoms with van der Waals surface area (Å²) in [5, 5.41) is 8.71. The quantitative estimate of drug-likeness (QED) is 0.419. The molecule has 3 rings (SSSR count). The molecular formula is C21H17NO4S2. The highest BCUT2D eigenvalue weighted by Crippen LogP contribution is 2.31. The van der Waals surface area contributed by atoms with E-state index in [-0.39, 0.29) is 29.6 Å². The van der Waals surface area contributed by atoms with Crippen molar-refractivity contribution in [2.24, 2.45) is 0 Å². The monoisotopic (exact) mass is 411 g/mol. The van der Waals surface area contributed by atoms with Crippen LogP contribution in [-0.2, 0) is 9.59 Å². The molecule has 1 aliphatic rings. The highest BCUT2D eigenvalue weighted by molar-refractivity contribution is 8.26. The van der Waals surface area contributed by atoms with E-state index in [1.54, 1.807) is 12.1 Å². The van der Waals surface area contributed by atoms with E-state index in [9.17, 15) is 14.4 Å². The van der Waals surface area contributed by atoms with Crippen LogP contribution < -0.4 is 0 Å². The van der Waals surface area contributed by atoms with E-state index in [1.807, 2.05) is 42.5 Å². The minimum atomic E-state index is -0.921. The average molecular weight is 412 g/mol. The number of hydrogen-bond donors (Lipinski definition) is 1. The molecule has 2 aromatic carbocycles. The molecule has 1 amide bonds. The fourth-order valence-corrected chi connectivity index (χ4v) is 4.02. The van der Waals surface area contributed by atoms with Gasteiger partial charge >= 0.3 is 5.97 Å². The van der Waals surface area contributed by atoms with E-state index in [0.717, 1.165) is 22.9 Å². The summed E-state index contributed by atoms with van der Waals surface area (Å²) in [7, 11) is 0. The van der Waals surface area contributed by atoms with Crippen LogP contribution in [0.5, 0.6) is 0 Å². The van der Waals surface area contributed by atoms with Gasteiger partial charge in [0.1, 0.15) is 4.32 Å². The normalized spacial score (nSPS) is 15.3. The predicted octanol–water partition coefficient (Wildman–Crippen LogP) is 4.15. The Morgan fingerprint density at radius 3 is 2.32 bits per heavy atom. The first-order valence-electron chi connectivity index (χ1n) is 8.62. The van der Waals surface area contributed by atoms with E-state index in [0.29, 0.717) is 16.3 Å². The number of nitrogens with zero attached hydrogens (tertiary/aromatic N) is 1. The fraction of sp³-hybridized carbons (Fsp3) is 0.143. The van der Waals surface area contributed by atoms with Crippen molar-refractivity contribution in [3.8, 4) is 11.1 Å². The Hall–Kier alpha value is -2.77. The largest absolute Gasteiger partial charge is 0.481 e. The third-order valence-corrected chi connectivity index (χ3v) is 5.56. The number of rotatable bonds is 7. The van der Waals surface area contributed by atoms with Gasteiger partial charge in [0.15, 0.2) is 5.78 Å². The second-order valence-electron chi connectivity index (χ2n) is 6.14. The smallest absolute Gasteiger partial charge is 0.303 e. The Morgan fingerprint density at radius 2 is 1.68 bits per heavy atom. The molecule has 1 aliphatic heterocycles. The molecule has 142 valence electrons. The Balaban J connectivity index is 1.69. The van der Waals surface area contributed by atoms with Gasteiger partial charge in [0.05, 0.1) is 4.91 Å². The number of carboxylic acid groups (broad SMARTS) is 1. The molecule has 1 fully saturated rings. The van der Waals surface area contributed by atoms with Gasteiger partial charge in [-0.25, -0.2) is 0 Å². The van der Waals surface area contributed by atoms with Crippen LogP contribution in [0.3, 0.4) is 0 Å². The summed E-state index contributed by atoms with van der Waals surface area (Å²) in [5.41, 5.74) is 2.54. The van der Waals surface area contributed by atoms with Crippen molar-refractivity contribution in [3.05, 3.63) is 71.1 Å². The van der Waals surface area contributed by atoms with Crippen LogP contribution in [-0.4, -0.2) is 38.5 Å². The van der Waals surface area contributed by atoms with Crippen molar-refractivity contribution in [2.75, 3.05) is 6.54 Å². The summed E-state index contributed by atoms with van der Waals surface area (Å²) in [6.07, 6.45) is 1.57. The highest BCUT2D eigenvalue weighted by atomic mass is 32.2. The zero-order chi connectivity index (χ0) is 20.1. The van der Waals surface area contributed by atoms with Gasteiger partial charge in [-0.2, -0.15) is 0 Å². The number of carbonyl (C=O) groups is 3. The van der Waals surface area contributed by atoms with Gasteiger partial charge in [0.25, 0.3) is 5.91 Å². The summed E-state index contributed by atoms with van der Waals surface area (Å²) in [6, 6.07) is 17.0. The maximum absolute atomic E-state index is 12.5. The van der Waals surface area contributed by atoms with Crippen LogP contribution in [0.2, 0.25) is 0 Å². The lowest BCUT2D eigenvalue weighted by molar-refractivity contribution is -0.137. The number of amides is 1. The lowest BCUT2D eigenvalue weighted by Crippen LogP contribution is -2.29. The Morgan fingerprint density at radius 1 is 1.04 bits per heavy atom. The van der Waals surface area contributed by atoms with Crippen LogP contribution in [0.4, 0.5) is 0 Å². The number of thiocarbonyl (C=S) groups is 1. The predicted molar refractivity (Wildman–Crippen MR) is 113 cm³/mol. The van der Waals surface area contributed by atoms with Gasteiger partial charge in [0.2, 0.25) is 0 Å². The third kappa shape index (κ3) is 4.74. The Kier molecular flexibility index (Phi) is 6.38. The number of hydrogen-bond acceptors (Lipinski definition) is 5.